The third kappa shape index (κ3) is 4.78. The average Bonchev–Trinajstić information content (AvgIpc) is 3.55. The van der Waals surface area contributed by atoms with Gasteiger partial charge in [0.1, 0.15) is 24.4 Å². The molecule has 17 atom stereocenters. The highest BCUT2D eigenvalue weighted by Crippen LogP contribution is 2.89. The number of aliphatic hydroxyl groups excluding tert-OH is 7. The zero-order valence-corrected chi connectivity index (χ0v) is 29.0. The van der Waals surface area contributed by atoms with Gasteiger partial charge >= 0.3 is 0 Å². The summed E-state index contributed by atoms with van der Waals surface area (Å²) in [4.78, 5) is 0. The second-order valence-corrected chi connectivity index (χ2v) is 18.4. The average molecular weight is 655 g/mol. The molecule has 0 bridgehead atoms. The van der Waals surface area contributed by atoms with Gasteiger partial charge in [-0.2, -0.15) is 0 Å². The Morgan fingerprint density at radius 1 is 0.870 bits per heavy atom. The molecule has 8 N–H and O–H groups in total. The van der Waals surface area contributed by atoms with Gasteiger partial charge in [-0.3, -0.25) is 0 Å². The molecule has 0 unspecified atom stereocenters. The van der Waals surface area contributed by atoms with E-state index in [0.717, 1.165) is 32.1 Å². The minimum atomic E-state index is -1.49. The third-order valence-corrected chi connectivity index (χ3v) is 15.5. The van der Waals surface area contributed by atoms with Crippen molar-refractivity contribution >= 4 is 0 Å². The molecule has 6 rings (SSSR count). The van der Waals surface area contributed by atoms with Gasteiger partial charge < -0.3 is 50.3 Å². The summed E-state index contributed by atoms with van der Waals surface area (Å²) in [7, 11) is 0. The van der Waals surface area contributed by atoms with Crippen molar-refractivity contribution in [3.8, 4) is 0 Å². The van der Waals surface area contributed by atoms with Crippen LogP contribution in [0.15, 0.2) is 0 Å². The van der Waals surface area contributed by atoms with Gasteiger partial charge in [0.25, 0.3) is 0 Å². The maximum atomic E-state index is 12.2. The summed E-state index contributed by atoms with van der Waals surface area (Å²) in [5, 5.41) is 85.7. The van der Waals surface area contributed by atoms with Crippen LogP contribution in [-0.4, -0.2) is 108 Å². The second kappa shape index (κ2) is 11.3. The van der Waals surface area contributed by atoms with E-state index in [4.69, 9.17) is 9.47 Å². The molecule has 1 saturated heterocycles. The number of fused-ring (bicyclic) bond motifs is 2. The van der Waals surface area contributed by atoms with Crippen LogP contribution < -0.4 is 0 Å². The number of rotatable bonds is 8. The predicted octanol–water partition coefficient (Wildman–Crippen LogP) is 2.10. The highest BCUT2D eigenvalue weighted by Gasteiger charge is 2.84. The summed E-state index contributed by atoms with van der Waals surface area (Å²) in [6.07, 6.45) is -1.55. The van der Waals surface area contributed by atoms with Gasteiger partial charge in [-0.05, 0) is 122 Å². The van der Waals surface area contributed by atoms with Crippen LogP contribution in [0.4, 0.5) is 0 Å². The lowest BCUT2D eigenvalue weighted by atomic mass is 9.41. The molecule has 5 aliphatic carbocycles. The maximum absolute atomic E-state index is 12.2. The smallest absolute Gasteiger partial charge is 0.186 e. The van der Waals surface area contributed by atoms with Gasteiger partial charge in [0.15, 0.2) is 6.29 Å². The van der Waals surface area contributed by atoms with Crippen molar-refractivity contribution in [2.45, 2.75) is 167 Å². The predicted molar refractivity (Wildman–Crippen MR) is 169 cm³/mol. The van der Waals surface area contributed by atoms with E-state index in [-0.39, 0.29) is 56.9 Å². The van der Waals surface area contributed by atoms with Gasteiger partial charge in [-0.15, -0.1) is 0 Å². The fraction of sp³-hybridized carbons (Fsp3) is 1.00. The van der Waals surface area contributed by atoms with Crippen molar-refractivity contribution in [3.63, 3.8) is 0 Å². The highest BCUT2D eigenvalue weighted by atomic mass is 16.7. The van der Waals surface area contributed by atoms with Crippen molar-refractivity contribution in [2.24, 2.45) is 50.7 Å². The Kier molecular flexibility index (Phi) is 8.71. The van der Waals surface area contributed by atoms with Gasteiger partial charge in [-0.1, -0.05) is 34.6 Å². The van der Waals surface area contributed by atoms with Crippen LogP contribution in [0.3, 0.4) is 0 Å². The molecule has 0 aromatic heterocycles. The topological polar surface area (TPSA) is 180 Å². The molecule has 5 saturated carbocycles. The van der Waals surface area contributed by atoms with E-state index in [2.05, 4.69) is 34.6 Å². The summed E-state index contributed by atoms with van der Waals surface area (Å²) in [6, 6.07) is 0. The molecule has 0 amide bonds. The molecule has 0 aromatic carbocycles. The third-order valence-electron chi connectivity index (χ3n) is 15.5. The first-order chi connectivity index (χ1) is 21.2. The summed E-state index contributed by atoms with van der Waals surface area (Å²) >= 11 is 0. The lowest BCUT2D eigenvalue weighted by molar-refractivity contribution is -0.327. The molecule has 266 valence electrons. The van der Waals surface area contributed by atoms with Crippen LogP contribution in [0.2, 0.25) is 0 Å². The molecular weight excluding hydrogens is 592 g/mol. The number of aliphatic hydroxyl groups is 8. The van der Waals surface area contributed by atoms with E-state index in [1.54, 1.807) is 13.8 Å². The normalized spacial score (nSPS) is 54.2. The Bertz CT molecular complexity index is 1140. The van der Waals surface area contributed by atoms with Crippen LogP contribution in [0, 0.1) is 50.7 Å². The highest BCUT2D eigenvalue weighted by molar-refractivity contribution is 5.32. The summed E-state index contributed by atoms with van der Waals surface area (Å²) in [5.74, 6) is 0.445. The molecule has 46 heavy (non-hydrogen) atoms. The largest absolute Gasteiger partial charge is 0.394 e. The molecule has 6 aliphatic rings. The number of hydrogen-bond donors (Lipinski definition) is 8. The molecule has 0 aromatic rings. The van der Waals surface area contributed by atoms with Gasteiger partial charge in [-0.25, -0.2) is 0 Å². The standard InChI is InChI=1S/C36H62O10/c1-18(8-9-23(40)32(4,5)44)25-20(39)15-34(7)29-19(38)14-22-31(2,3)24(46-30-28(43)27(42)26(41)21(16-37)45-30)10-11-35(22)17-36(29,35)13-12-33(25,34)6/h18-30,37-44H,8-17H2,1-7H3/t18-,19+,20+,21-,22+,23-,24+,25+,26-,27+,28-,29+,30+,33-,34+,35-,36+/m1/s1. The fourth-order valence-electron chi connectivity index (χ4n) is 13.0. The van der Waals surface area contributed by atoms with E-state index in [1.165, 1.54) is 0 Å². The first-order valence-electron chi connectivity index (χ1n) is 17.9. The van der Waals surface area contributed by atoms with Crippen LogP contribution in [0.5, 0.6) is 0 Å². The van der Waals surface area contributed by atoms with E-state index < -0.39 is 61.2 Å². The van der Waals surface area contributed by atoms with E-state index >= 15 is 0 Å². The van der Waals surface area contributed by atoms with Crippen LogP contribution in [-0.2, 0) is 9.47 Å². The molecule has 2 spiro atoms. The summed E-state index contributed by atoms with van der Waals surface area (Å²) in [6.45, 7) is 14.0. The molecule has 1 heterocycles. The van der Waals surface area contributed by atoms with Crippen molar-refractivity contribution in [1.82, 2.24) is 0 Å². The van der Waals surface area contributed by atoms with Crippen LogP contribution >= 0.6 is 0 Å². The number of ether oxygens (including phenoxy) is 2. The minimum Gasteiger partial charge on any atom is -0.394 e. The van der Waals surface area contributed by atoms with Crippen molar-refractivity contribution < 1.29 is 50.3 Å². The Hall–Kier alpha value is -0.400. The Morgan fingerprint density at radius 2 is 1.54 bits per heavy atom. The van der Waals surface area contributed by atoms with Gasteiger partial charge in [0, 0.05) is 0 Å². The SMILES string of the molecule is C[C@H](CC[C@@H](O)C(C)(C)O)[C@H]1[C@@H](O)C[C@@]2(C)[C@@H]3[C@@H](O)C[C@H]4C(C)(C)[C@@H](O[C@@H]5O[C@H](CO)[C@@H](O)[C@H](O)[C@H]5O)CC[C@@]45C[C@@]35CC[C@]12C. The maximum Gasteiger partial charge on any atom is 0.186 e. The summed E-state index contributed by atoms with van der Waals surface area (Å²) < 4.78 is 12.1. The first kappa shape index (κ1) is 35.4. The zero-order chi connectivity index (χ0) is 34.0. The van der Waals surface area contributed by atoms with Gasteiger partial charge in [0.2, 0.25) is 0 Å². The van der Waals surface area contributed by atoms with E-state index in [0.29, 0.717) is 25.7 Å². The zero-order valence-electron chi connectivity index (χ0n) is 29.0. The second-order valence-electron chi connectivity index (χ2n) is 18.4. The fourth-order valence-corrected chi connectivity index (χ4v) is 13.0. The Balaban J connectivity index is 1.22. The minimum absolute atomic E-state index is 0.00999. The molecule has 10 heteroatoms. The lowest BCUT2D eigenvalue weighted by Crippen LogP contribution is -2.63. The summed E-state index contributed by atoms with van der Waals surface area (Å²) in [5.41, 5.74) is -1.91. The Morgan fingerprint density at radius 3 is 2.17 bits per heavy atom. The van der Waals surface area contributed by atoms with Crippen LogP contribution in [0.1, 0.15) is 106 Å². The van der Waals surface area contributed by atoms with Gasteiger partial charge in [0.05, 0.1) is 36.6 Å². The first-order valence-corrected chi connectivity index (χ1v) is 17.9. The molecule has 10 nitrogen and oxygen atoms in total. The molecule has 1 aliphatic heterocycles. The van der Waals surface area contributed by atoms with E-state index in [1.807, 2.05) is 0 Å². The monoisotopic (exact) mass is 654 g/mol. The quantitative estimate of drug-likeness (QED) is 0.181. The molecule has 6 fully saturated rings. The Labute approximate surface area is 274 Å². The number of hydrogen-bond acceptors (Lipinski definition) is 10. The van der Waals surface area contributed by atoms with Crippen molar-refractivity contribution in [1.29, 1.82) is 0 Å². The van der Waals surface area contributed by atoms with Crippen molar-refractivity contribution in [2.75, 3.05) is 6.61 Å². The molecule has 0 radical (unpaired) electrons. The van der Waals surface area contributed by atoms with E-state index in [9.17, 15) is 40.9 Å². The molecular formula is C36H62O10. The lowest BCUT2D eigenvalue weighted by Gasteiger charge is -2.64. The van der Waals surface area contributed by atoms with Crippen molar-refractivity contribution in [3.05, 3.63) is 0 Å². The van der Waals surface area contributed by atoms with Crippen LogP contribution in [0.25, 0.3) is 0 Å².